The molecular formula is C27H25FN6O. The number of piperidine rings is 1. The Morgan fingerprint density at radius 1 is 1.11 bits per heavy atom. The van der Waals surface area contributed by atoms with Crippen LogP contribution in [0.5, 0.6) is 5.75 Å². The van der Waals surface area contributed by atoms with E-state index in [0.29, 0.717) is 34.6 Å². The molecule has 2 aliphatic rings. The van der Waals surface area contributed by atoms with Crippen molar-refractivity contribution in [1.29, 1.82) is 0 Å². The number of aryl methyl sites for hydroxylation is 1. The summed E-state index contributed by atoms with van der Waals surface area (Å²) in [5, 5.41) is 10.5. The third-order valence-corrected chi connectivity index (χ3v) is 7.37. The Balaban J connectivity index is 1.64. The Morgan fingerprint density at radius 2 is 1.86 bits per heavy atom. The molecular weight excluding hydrogens is 443 g/mol. The van der Waals surface area contributed by atoms with Crippen LogP contribution in [-0.4, -0.2) is 37.6 Å². The molecule has 6 rings (SSSR count). The van der Waals surface area contributed by atoms with Crippen LogP contribution in [0.25, 0.3) is 32.9 Å². The SMILES string of the molecule is [C-]#[N+]c1ccc(-c2nc(N3C4CCC3CC(N)C4)n3ccnc3c2-c2ccc(C)c(O)c2)cc1F. The van der Waals surface area contributed by atoms with Crippen molar-refractivity contribution in [2.75, 3.05) is 4.90 Å². The number of hydrogen-bond acceptors (Lipinski definition) is 5. The van der Waals surface area contributed by atoms with Crippen molar-refractivity contribution < 1.29 is 9.50 Å². The van der Waals surface area contributed by atoms with E-state index in [1.54, 1.807) is 18.3 Å². The molecule has 3 N–H and O–H groups in total. The lowest BCUT2D eigenvalue weighted by Gasteiger charge is -2.39. The summed E-state index contributed by atoms with van der Waals surface area (Å²) < 4.78 is 16.7. The van der Waals surface area contributed by atoms with Gasteiger partial charge in [-0.25, -0.2) is 19.2 Å². The van der Waals surface area contributed by atoms with E-state index >= 15 is 0 Å². The van der Waals surface area contributed by atoms with Gasteiger partial charge in [-0.2, -0.15) is 0 Å². The first-order valence-electron chi connectivity index (χ1n) is 11.8. The maximum Gasteiger partial charge on any atom is 0.222 e. The minimum atomic E-state index is -0.592. The van der Waals surface area contributed by atoms with Crippen LogP contribution in [-0.2, 0) is 0 Å². The largest absolute Gasteiger partial charge is 0.508 e. The number of nitrogens with zero attached hydrogens (tertiary/aromatic N) is 5. The van der Waals surface area contributed by atoms with E-state index in [9.17, 15) is 9.50 Å². The molecule has 0 saturated carbocycles. The highest BCUT2D eigenvalue weighted by Gasteiger charge is 2.41. The fraction of sp³-hybridized carbons (Fsp3) is 0.296. The maximum atomic E-state index is 14.7. The van der Waals surface area contributed by atoms with Gasteiger partial charge in [0.15, 0.2) is 0 Å². The van der Waals surface area contributed by atoms with Gasteiger partial charge in [0.2, 0.25) is 11.6 Å². The van der Waals surface area contributed by atoms with Gasteiger partial charge in [0.05, 0.1) is 17.8 Å². The molecule has 176 valence electrons. The highest BCUT2D eigenvalue weighted by atomic mass is 19.1. The van der Waals surface area contributed by atoms with E-state index in [-0.39, 0.29) is 17.5 Å². The van der Waals surface area contributed by atoms with Gasteiger partial charge < -0.3 is 15.7 Å². The number of hydrogen-bond donors (Lipinski definition) is 2. The highest BCUT2D eigenvalue weighted by Crippen LogP contribution is 2.43. The number of nitrogens with two attached hydrogens (primary N) is 1. The molecule has 0 aliphatic carbocycles. The zero-order valence-corrected chi connectivity index (χ0v) is 19.3. The maximum absolute atomic E-state index is 14.7. The second-order valence-corrected chi connectivity index (χ2v) is 9.56. The minimum absolute atomic E-state index is 0.0338. The average Bonchev–Trinajstić information content (AvgIpc) is 3.43. The summed E-state index contributed by atoms with van der Waals surface area (Å²) in [4.78, 5) is 15.4. The summed E-state index contributed by atoms with van der Waals surface area (Å²) in [5.74, 6) is 0.340. The summed E-state index contributed by atoms with van der Waals surface area (Å²) in [7, 11) is 0. The zero-order chi connectivity index (χ0) is 24.3. The minimum Gasteiger partial charge on any atom is -0.508 e. The van der Waals surface area contributed by atoms with Gasteiger partial charge >= 0.3 is 0 Å². The Labute approximate surface area is 202 Å². The Kier molecular flexibility index (Phi) is 4.97. The van der Waals surface area contributed by atoms with Gasteiger partial charge in [-0.15, -0.1) is 0 Å². The van der Waals surface area contributed by atoms with Crippen LogP contribution in [0.15, 0.2) is 48.8 Å². The molecule has 4 aromatic rings. The summed E-state index contributed by atoms with van der Waals surface area (Å²) in [5.41, 5.74) is 10.3. The van der Waals surface area contributed by atoms with Crippen LogP contribution < -0.4 is 10.6 Å². The van der Waals surface area contributed by atoms with Crippen LogP contribution in [0, 0.1) is 19.3 Å². The van der Waals surface area contributed by atoms with E-state index in [4.69, 9.17) is 17.3 Å². The van der Waals surface area contributed by atoms with Crippen LogP contribution in [0.4, 0.5) is 16.0 Å². The Bertz CT molecular complexity index is 1490. The number of rotatable bonds is 3. The van der Waals surface area contributed by atoms with E-state index < -0.39 is 5.82 Å². The summed E-state index contributed by atoms with van der Waals surface area (Å²) in [6.07, 6.45) is 7.58. The van der Waals surface area contributed by atoms with Crippen LogP contribution in [0.2, 0.25) is 0 Å². The van der Waals surface area contributed by atoms with Gasteiger partial charge in [0, 0.05) is 36.1 Å². The molecule has 4 heterocycles. The van der Waals surface area contributed by atoms with Crippen LogP contribution in [0.3, 0.4) is 0 Å². The van der Waals surface area contributed by atoms with E-state index in [2.05, 4.69) is 14.7 Å². The normalized spacial score (nSPS) is 21.4. The number of phenols is 1. The third-order valence-electron chi connectivity index (χ3n) is 7.37. The molecule has 2 aromatic carbocycles. The number of aromatic hydroxyl groups is 1. The van der Waals surface area contributed by atoms with Crippen molar-refractivity contribution in [3.8, 4) is 28.1 Å². The van der Waals surface area contributed by atoms with Crippen molar-refractivity contribution >= 4 is 17.3 Å². The van der Waals surface area contributed by atoms with E-state index in [0.717, 1.165) is 42.8 Å². The lowest BCUT2D eigenvalue weighted by Crippen LogP contribution is -2.48. The second kappa shape index (κ2) is 8.07. The van der Waals surface area contributed by atoms with Crippen LogP contribution >= 0.6 is 0 Å². The first-order chi connectivity index (χ1) is 16.9. The molecule has 2 atom stereocenters. The van der Waals surface area contributed by atoms with Crippen molar-refractivity contribution in [2.24, 2.45) is 5.73 Å². The molecule has 2 fully saturated rings. The predicted octanol–water partition coefficient (Wildman–Crippen LogP) is 5.23. The zero-order valence-electron chi connectivity index (χ0n) is 19.3. The average molecular weight is 469 g/mol. The van der Waals surface area contributed by atoms with Crippen LogP contribution in [0.1, 0.15) is 31.2 Å². The smallest absolute Gasteiger partial charge is 0.222 e. The number of halogens is 1. The van der Waals surface area contributed by atoms with Gasteiger partial charge in [0.25, 0.3) is 0 Å². The lowest BCUT2D eigenvalue weighted by molar-refractivity contribution is 0.408. The molecule has 0 spiro atoms. The summed E-state index contributed by atoms with van der Waals surface area (Å²) >= 11 is 0. The lowest BCUT2D eigenvalue weighted by atomic mass is 9.97. The fourth-order valence-electron chi connectivity index (χ4n) is 5.68. The molecule has 2 aromatic heterocycles. The van der Waals surface area contributed by atoms with Crippen molar-refractivity contribution in [2.45, 2.75) is 50.7 Å². The number of anilines is 1. The molecule has 7 nitrogen and oxygen atoms in total. The van der Waals surface area contributed by atoms with Crippen molar-refractivity contribution in [1.82, 2.24) is 14.4 Å². The summed E-state index contributed by atoms with van der Waals surface area (Å²) in [6.45, 7) is 9.05. The third kappa shape index (κ3) is 3.43. The number of fused-ring (bicyclic) bond motifs is 3. The second-order valence-electron chi connectivity index (χ2n) is 9.56. The molecule has 0 radical (unpaired) electrons. The Hall–Kier alpha value is -3.96. The number of imidazole rings is 1. The summed E-state index contributed by atoms with van der Waals surface area (Å²) in [6, 6.07) is 10.8. The molecule has 35 heavy (non-hydrogen) atoms. The topological polar surface area (TPSA) is 84.0 Å². The first kappa shape index (κ1) is 21.6. The molecule has 2 unspecified atom stereocenters. The quantitative estimate of drug-likeness (QED) is 0.403. The number of aromatic nitrogens is 3. The standard InChI is InChI=1S/C27H25FN6O/c1-15-3-4-16(12-23(15)35)24-25(17-5-8-22(30-2)21(28)11-17)32-27(33-10-9-31-26(24)33)34-19-6-7-20(34)14-18(29)13-19/h3-5,8-12,18-20,35H,6-7,13-14,29H2,1H3. The van der Waals surface area contributed by atoms with Gasteiger partial charge in [-0.05, 0) is 55.9 Å². The molecule has 2 bridgehead atoms. The Morgan fingerprint density at radius 3 is 2.54 bits per heavy atom. The number of benzene rings is 2. The highest BCUT2D eigenvalue weighted by molar-refractivity contribution is 5.92. The van der Waals surface area contributed by atoms with Gasteiger partial charge in [-0.3, -0.25) is 4.40 Å². The molecule has 0 amide bonds. The van der Waals surface area contributed by atoms with Gasteiger partial charge in [0.1, 0.15) is 17.2 Å². The molecule has 2 aliphatic heterocycles. The van der Waals surface area contributed by atoms with Crippen molar-refractivity contribution in [3.63, 3.8) is 0 Å². The monoisotopic (exact) mass is 468 g/mol. The van der Waals surface area contributed by atoms with Gasteiger partial charge in [-0.1, -0.05) is 24.3 Å². The fourth-order valence-corrected chi connectivity index (χ4v) is 5.68. The predicted molar refractivity (Wildman–Crippen MR) is 133 cm³/mol. The van der Waals surface area contributed by atoms with E-state index in [1.165, 1.54) is 12.1 Å². The van der Waals surface area contributed by atoms with Crippen molar-refractivity contribution in [3.05, 3.63) is 71.6 Å². The first-order valence-corrected chi connectivity index (χ1v) is 11.8. The molecule has 8 heteroatoms. The number of phenolic OH excluding ortho intramolecular Hbond substituents is 1. The molecule has 2 saturated heterocycles. The van der Waals surface area contributed by atoms with E-state index in [1.807, 2.05) is 29.7 Å².